The monoisotopic (exact) mass is 380 g/mol. The van der Waals surface area contributed by atoms with Gasteiger partial charge in [-0.25, -0.2) is 4.90 Å². The summed E-state index contributed by atoms with van der Waals surface area (Å²) in [5.41, 5.74) is 3.98. The van der Waals surface area contributed by atoms with Crippen LogP contribution in [0, 0.1) is 6.92 Å². The van der Waals surface area contributed by atoms with Gasteiger partial charge < -0.3 is 9.47 Å². The molecule has 28 heavy (non-hydrogen) atoms. The molecule has 1 atom stereocenters. The Labute approximate surface area is 164 Å². The Morgan fingerprint density at radius 3 is 2.39 bits per heavy atom. The van der Waals surface area contributed by atoms with E-state index < -0.39 is 6.04 Å². The van der Waals surface area contributed by atoms with Crippen molar-refractivity contribution in [1.82, 2.24) is 4.90 Å². The summed E-state index contributed by atoms with van der Waals surface area (Å²) >= 11 is 0. The first-order valence-corrected chi connectivity index (χ1v) is 9.43. The normalized spacial score (nSPS) is 19.7. The second kappa shape index (κ2) is 7.28. The van der Waals surface area contributed by atoms with Gasteiger partial charge in [0.15, 0.2) is 11.5 Å². The van der Waals surface area contributed by atoms with E-state index in [1.54, 1.807) is 14.2 Å². The van der Waals surface area contributed by atoms with Crippen LogP contribution in [0.25, 0.3) is 0 Å². The Kier molecular flexibility index (Phi) is 4.81. The summed E-state index contributed by atoms with van der Waals surface area (Å²) < 4.78 is 10.8. The number of anilines is 1. The van der Waals surface area contributed by atoms with E-state index in [9.17, 15) is 9.59 Å². The minimum Gasteiger partial charge on any atom is -0.493 e. The molecule has 0 aromatic heterocycles. The minimum atomic E-state index is -0.422. The lowest BCUT2D eigenvalue weighted by Crippen LogP contribution is -2.44. The highest BCUT2D eigenvalue weighted by atomic mass is 16.5. The SMILES string of the molecule is COc1cc2c(cc1OC)CN([C@H]1CC(=O)N(c3cccc(C)c3)C1=O)CC2. The Balaban J connectivity index is 1.58. The summed E-state index contributed by atoms with van der Waals surface area (Å²) in [6.45, 7) is 3.30. The first kappa shape index (κ1) is 18.5. The Morgan fingerprint density at radius 2 is 1.71 bits per heavy atom. The largest absolute Gasteiger partial charge is 0.493 e. The van der Waals surface area contributed by atoms with Crippen molar-refractivity contribution in [1.29, 1.82) is 0 Å². The first-order valence-electron chi connectivity index (χ1n) is 9.43. The molecule has 1 saturated heterocycles. The standard InChI is InChI=1S/C22H24N2O4/c1-14-5-4-6-17(9-14)24-21(25)12-18(22(24)26)23-8-7-15-10-19(27-2)20(28-3)11-16(15)13-23/h4-6,9-11,18H,7-8,12-13H2,1-3H3/t18-/m0/s1. The van der Waals surface area contributed by atoms with Gasteiger partial charge in [0.25, 0.3) is 5.91 Å². The van der Waals surface area contributed by atoms with Crippen molar-refractivity contribution >= 4 is 17.5 Å². The maximum absolute atomic E-state index is 13.1. The van der Waals surface area contributed by atoms with Gasteiger partial charge in [0.1, 0.15) is 0 Å². The summed E-state index contributed by atoms with van der Waals surface area (Å²) in [6.07, 6.45) is 1.02. The van der Waals surface area contributed by atoms with Crippen LogP contribution < -0.4 is 14.4 Å². The van der Waals surface area contributed by atoms with Crippen molar-refractivity contribution in [2.75, 3.05) is 25.7 Å². The van der Waals surface area contributed by atoms with Crippen molar-refractivity contribution in [2.24, 2.45) is 0 Å². The Hall–Kier alpha value is -2.86. The molecule has 0 unspecified atom stereocenters. The molecule has 0 radical (unpaired) electrons. The van der Waals surface area contributed by atoms with Gasteiger partial charge in [-0.2, -0.15) is 0 Å². The lowest BCUT2D eigenvalue weighted by molar-refractivity contribution is -0.123. The average Bonchev–Trinajstić information content (AvgIpc) is 3.00. The van der Waals surface area contributed by atoms with Crippen LogP contribution >= 0.6 is 0 Å². The van der Waals surface area contributed by atoms with Crippen molar-refractivity contribution in [3.05, 3.63) is 53.1 Å². The summed E-state index contributed by atoms with van der Waals surface area (Å²) in [7, 11) is 3.24. The molecule has 6 nitrogen and oxygen atoms in total. The van der Waals surface area contributed by atoms with Crippen LogP contribution in [0.15, 0.2) is 36.4 Å². The van der Waals surface area contributed by atoms with Crippen LogP contribution in [0.5, 0.6) is 11.5 Å². The quantitative estimate of drug-likeness (QED) is 0.764. The topological polar surface area (TPSA) is 59.1 Å². The van der Waals surface area contributed by atoms with E-state index >= 15 is 0 Å². The van der Waals surface area contributed by atoms with Crippen LogP contribution in [0.4, 0.5) is 5.69 Å². The number of benzene rings is 2. The molecule has 0 spiro atoms. The fraction of sp³-hybridized carbons (Fsp3) is 0.364. The van der Waals surface area contributed by atoms with E-state index in [1.807, 2.05) is 43.3 Å². The molecule has 2 aromatic rings. The predicted molar refractivity (Wildman–Crippen MR) is 106 cm³/mol. The third-order valence-corrected chi connectivity index (χ3v) is 5.57. The van der Waals surface area contributed by atoms with Crippen LogP contribution in [0.3, 0.4) is 0 Å². The number of nitrogens with zero attached hydrogens (tertiary/aromatic N) is 2. The van der Waals surface area contributed by atoms with E-state index in [4.69, 9.17) is 9.47 Å². The van der Waals surface area contributed by atoms with Gasteiger partial charge in [-0.05, 0) is 54.3 Å². The molecule has 1 fully saturated rings. The smallest absolute Gasteiger partial charge is 0.251 e. The number of hydrogen-bond donors (Lipinski definition) is 0. The number of fused-ring (bicyclic) bond motifs is 1. The van der Waals surface area contributed by atoms with Crippen LogP contribution in [-0.4, -0.2) is 43.5 Å². The van der Waals surface area contributed by atoms with Gasteiger partial charge in [-0.15, -0.1) is 0 Å². The second-order valence-electron chi connectivity index (χ2n) is 7.32. The minimum absolute atomic E-state index is 0.139. The van der Waals surface area contributed by atoms with Crippen molar-refractivity contribution in [3.8, 4) is 11.5 Å². The molecule has 0 aliphatic carbocycles. The number of hydrogen-bond acceptors (Lipinski definition) is 5. The third kappa shape index (κ3) is 3.14. The first-order chi connectivity index (χ1) is 13.5. The van der Waals surface area contributed by atoms with Gasteiger partial charge in [-0.1, -0.05) is 12.1 Å². The molecular weight excluding hydrogens is 356 g/mol. The number of methoxy groups -OCH3 is 2. The average molecular weight is 380 g/mol. The number of imide groups is 1. The van der Waals surface area contributed by atoms with Crippen molar-refractivity contribution in [2.45, 2.75) is 32.4 Å². The van der Waals surface area contributed by atoms with Crippen LogP contribution in [0.2, 0.25) is 0 Å². The Bertz CT molecular complexity index is 940. The summed E-state index contributed by atoms with van der Waals surface area (Å²) in [5, 5.41) is 0. The molecule has 0 N–H and O–H groups in total. The van der Waals surface area contributed by atoms with E-state index in [0.29, 0.717) is 23.7 Å². The van der Waals surface area contributed by atoms with Gasteiger partial charge >= 0.3 is 0 Å². The highest BCUT2D eigenvalue weighted by molar-refractivity contribution is 6.22. The second-order valence-corrected chi connectivity index (χ2v) is 7.32. The fourth-order valence-electron chi connectivity index (χ4n) is 4.11. The molecule has 2 aliphatic rings. The van der Waals surface area contributed by atoms with Crippen LogP contribution in [0.1, 0.15) is 23.1 Å². The van der Waals surface area contributed by atoms with Gasteiger partial charge in [0.2, 0.25) is 5.91 Å². The zero-order valence-electron chi connectivity index (χ0n) is 16.4. The molecule has 0 saturated carbocycles. The number of carbonyl (C=O) groups is 2. The molecule has 2 heterocycles. The molecule has 0 bridgehead atoms. The summed E-state index contributed by atoms with van der Waals surface area (Å²) in [4.78, 5) is 29.1. The molecule has 2 aromatic carbocycles. The molecule has 2 amide bonds. The number of carbonyl (C=O) groups excluding carboxylic acids is 2. The van der Waals surface area contributed by atoms with E-state index in [1.165, 1.54) is 10.5 Å². The van der Waals surface area contributed by atoms with Crippen molar-refractivity contribution < 1.29 is 19.1 Å². The highest BCUT2D eigenvalue weighted by Crippen LogP contribution is 2.35. The number of rotatable bonds is 4. The lowest BCUT2D eigenvalue weighted by atomic mass is 9.97. The van der Waals surface area contributed by atoms with Crippen molar-refractivity contribution in [3.63, 3.8) is 0 Å². The zero-order valence-corrected chi connectivity index (χ0v) is 16.4. The number of amides is 2. The summed E-state index contributed by atoms with van der Waals surface area (Å²) in [5.74, 6) is 1.11. The fourth-order valence-corrected chi connectivity index (χ4v) is 4.11. The number of aryl methyl sites for hydroxylation is 1. The lowest BCUT2D eigenvalue weighted by Gasteiger charge is -2.32. The predicted octanol–water partition coefficient (Wildman–Crippen LogP) is 2.70. The van der Waals surface area contributed by atoms with Gasteiger partial charge in [0.05, 0.1) is 32.4 Å². The molecule has 6 heteroatoms. The Morgan fingerprint density at radius 1 is 1.00 bits per heavy atom. The highest BCUT2D eigenvalue weighted by Gasteiger charge is 2.43. The van der Waals surface area contributed by atoms with E-state index in [2.05, 4.69) is 4.90 Å². The van der Waals surface area contributed by atoms with Gasteiger partial charge in [0, 0.05) is 13.1 Å². The van der Waals surface area contributed by atoms with Gasteiger partial charge in [-0.3, -0.25) is 14.5 Å². The number of ether oxygens (including phenoxy) is 2. The van der Waals surface area contributed by atoms with E-state index in [-0.39, 0.29) is 18.2 Å². The maximum Gasteiger partial charge on any atom is 0.251 e. The zero-order chi connectivity index (χ0) is 19.8. The molecule has 146 valence electrons. The summed E-state index contributed by atoms with van der Waals surface area (Å²) in [6, 6.07) is 11.1. The van der Waals surface area contributed by atoms with E-state index in [0.717, 1.165) is 24.1 Å². The maximum atomic E-state index is 13.1. The molecule has 2 aliphatic heterocycles. The van der Waals surface area contributed by atoms with Crippen LogP contribution in [-0.2, 0) is 22.6 Å². The molecular formula is C22H24N2O4. The molecule has 4 rings (SSSR count). The third-order valence-electron chi connectivity index (χ3n) is 5.57.